The number of hydrogen-bond acceptors (Lipinski definition) is 4. The number of carbonyl (C=O) groups is 1. The minimum atomic E-state index is -4.60. The number of nitrogens with two attached hydrogens (primary N) is 1. The van der Waals surface area contributed by atoms with E-state index in [1.54, 1.807) is 0 Å². The maximum atomic E-state index is 13.8. The molecule has 2 aromatic carbocycles. The Morgan fingerprint density at radius 2 is 1.64 bits per heavy atom. The zero-order valence-corrected chi connectivity index (χ0v) is 12.6. The van der Waals surface area contributed by atoms with Crippen LogP contribution in [0.1, 0.15) is 5.56 Å². The molecule has 1 aliphatic heterocycles. The molecule has 1 aliphatic rings. The van der Waals surface area contributed by atoms with Gasteiger partial charge in [-0.1, -0.05) is 18.2 Å². The van der Waals surface area contributed by atoms with Crippen molar-refractivity contribution in [2.24, 2.45) is 5.73 Å². The molecule has 0 spiro atoms. The highest BCUT2D eigenvalue weighted by Gasteiger charge is 2.35. The quantitative estimate of drug-likeness (QED) is 0.606. The first kappa shape index (κ1) is 18.4. The number of benzene rings is 2. The summed E-state index contributed by atoms with van der Waals surface area (Å²) in [5.74, 6) is -2.22. The second-order valence-corrected chi connectivity index (χ2v) is 4.79. The number of aromatic hydroxyl groups is 1. The van der Waals surface area contributed by atoms with E-state index in [0.717, 1.165) is 12.1 Å². The van der Waals surface area contributed by atoms with Gasteiger partial charge in [-0.2, -0.15) is 13.2 Å². The number of alkyl halides is 3. The monoisotopic (exact) mass is 359 g/mol. The normalized spacial score (nSPS) is 12.8. The summed E-state index contributed by atoms with van der Waals surface area (Å²) in [7, 11) is 0. The van der Waals surface area contributed by atoms with E-state index in [9.17, 15) is 22.7 Å². The van der Waals surface area contributed by atoms with E-state index in [1.165, 1.54) is 18.2 Å². The summed E-state index contributed by atoms with van der Waals surface area (Å²) in [6, 6.07) is 5.58. The average Bonchev–Trinajstić information content (AvgIpc) is 2.58. The molecule has 0 aromatic heterocycles. The van der Waals surface area contributed by atoms with Gasteiger partial charge in [0.05, 0.1) is 5.56 Å². The van der Waals surface area contributed by atoms with Crippen LogP contribution in [-0.4, -0.2) is 24.7 Å². The zero-order chi connectivity index (χ0) is 18.6. The third-order valence-electron chi connectivity index (χ3n) is 3.26. The number of phenolic OH excluding ortho intramolecular Hbond substituents is 1. The average molecular weight is 359 g/mol. The Bertz CT molecular complexity index is 777. The van der Waals surface area contributed by atoms with Crippen molar-refractivity contribution in [3.63, 3.8) is 0 Å². The molecule has 0 aliphatic carbocycles. The van der Waals surface area contributed by atoms with Crippen LogP contribution in [0.4, 0.5) is 17.6 Å². The number of phenols is 1. The lowest BCUT2D eigenvalue weighted by atomic mass is 9.97. The molecular formula is C16H13F4NO4. The van der Waals surface area contributed by atoms with Crippen LogP contribution >= 0.6 is 0 Å². The van der Waals surface area contributed by atoms with Crippen LogP contribution in [0.2, 0.25) is 0 Å². The predicted octanol–water partition coefficient (Wildman–Crippen LogP) is 3.09. The number of fused-ring (bicyclic) bond motifs is 1. The predicted molar refractivity (Wildman–Crippen MR) is 79.7 cm³/mol. The van der Waals surface area contributed by atoms with E-state index in [-0.39, 0.29) is 42.2 Å². The lowest BCUT2D eigenvalue weighted by Gasteiger charge is -2.23. The summed E-state index contributed by atoms with van der Waals surface area (Å²) in [6.45, 7) is 0.170. The maximum Gasteiger partial charge on any atom is 0.417 e. The summed E-state index contributed by atoms with van der Waals surface area (Å²) in [5, 5.41) is 9.64. The van der Waals surface area contributed by atoms with Crippen molar-refractivity contribution in [3.05, 3.63) is 41.7 Å². The highest BCUT2D eigenvalue weighted by Crippen LogP contribution is 2.49. The number of primary amides is 1. The van der Waals surface area contributed by atoms with Crippen molar-refractivity contribution in [3.8, 4) is 28.4 Å². The van der Waals surface area contributed by atoms with E-state index < -0.39 is 23.3 Å². The Morgan fingerprint density at radius 1 is 1.08 bits per heavy atom. The number of ether oxygens (including phenoxy) is 2. The van der Waals surface area contributed by atoms with Gasteiger partial charge in [-0.3, -0.25) is 4.79 Å². The molecule has 0 atom stereocenters. The van der Waals surface area contributed by atoms with Crippen LogP contribution < -0.4 is 15.2 Å². The fourth-order valence-electron chi connectivity index (χ4n) is 2.33. The minimum Gasteiger partial charge on any atom is -0.502 e. The summed E-state index contributed by atoms with van der Waals surface area (Å²) >= 11 is 0. The second-order valence-electron chi connectivity index (χ2n) is 4.79. The molecule has 0 fully saturated rings. The minimum absolute atomic E-state index is 0.0738. The molecule has 1 amide bonds. The first-order chi connectivity index (χ1) is 11.8. The summed E-state index contributed by atoms with van der Waals surface area (Å²) in [5.41, 5.74) is 2.89. The number of carbonyl (C=O) groups excluding carboxylic acids is 1. The topological polar surface area (TPSA) is 81.8 Å². The molecule has 0 saturated carbocycles. The van der Waals surface area contributed by atoms with Gasteiger partial charge in [0.15, 0.2) is 17.3 Å². The van der Waals surface area contributed by atoms with E-state index in [0.29, 0.717) is 0 Å². The van der Waals surface area contributed by atoms with Gasteiger partial charge in [0, 0.05) is 5.56 Å². The largest absolute Gasteiger partial charge is 0.502 e. The van der Waals surface area contributed by atoms with Crippen LogP contribution in [0.15, 0.2) is 30.3 Å². The standard InChI is InChI=1S/C15H10F4O3.CH3NO/c16-11-7-9(13-14(12(11)20)22-6-5-21-13)8-3-1-2-4-10(8)15(17,18)19;2-1-3/h1-4,7,20H,5-6H2;1H,(H2,2,3). The lowest BCUT2D eigenvalue weighted by molar-refractivity contribution is -0.137. The highest BCUT2D eigenvalue weighted by molar-refractivity contribution is 5.79. The number of rotatable bonds is 1. The molecular weight excluding hydrogens is 346 g/mol. The van der Waals surface area contributed by atoms with Crippen molar-refractivity contribution in [1.82, 2.24) is 0 Å². The molecule has 9 heteroatoms. The molecule has 3 N–H and O–H groups in total. The van der Waals surface area contributed by atoms with Crippen LogP contribution in [0, 0.1) is 5.82 Å². The van der Waals surface area contributed by atoms with Crippen molar-refractivity contribution in [2.45, 2.75) is 6.18 Å². The lowest BCUT2D eigenvalue weighted by Crippen LogP contribution is -2.17. The van der Waals surface area contributed by atoms with E-state index in [4.69, 9.17) is 14.3 Å². The first-order valence-corrected chi connectivity index (χ1v) is 6.94. The van der Waals surface area contributed by atoms with Gasteiger partial charge in [-0.25, -0.2) is 4.39 Å². The van der Waals surface area contributed by atoms with Gasteiger partial charge in [-0.05, 0) is 17.7 Å². The van der Waals surface area contributed by atoms with Crippen molar-refractivity contribution < 1.29 is 36.9 Å². The van der Waals surface area contributed by atoms with Crippen molar-refractivity contribution in [1.29, 1.82) is 0 Å². The number of halogens is 4. The Kier molecular flexibility index (Phi) is 5.35. The molecule has 0 bridgehead atoms. The number of hydrogen-bond donors (Lipinski definition) is 2. The summed E-state index contributed by atoms with van der Waals surface area (Å²) in [6.07, 6.45) is -4.35. The maximum absolute atomic E-state index is 13.8. The van der Waals surface area contributed by atoms with E-state index in [1.807, 2.05) is 0 Å². The molecule has 0 radical (unpaired) electrons. The molecule has 1 heterocycles. The van der Waals surface area contributed by atoms with Crippen LogP contribution in [0.25, 0.3) is 11.1 Å². The van der Waals surface area contributed by atoms with Crippen LogP contribution in [0.5, 0.6) is 17.2 Å². The Balaban J connectivity index is 0.000000701. The van der Waals surface area contributed by atoms with Gasteiger partial charge >= 0.3 is 6.18 Å². The first-order valence-electron chi connectivity index (χ1n) is 6.94. The summed E-state index contributed by atoms with van der Waals surface area (Å²) in [4.78, 5) is 8.58. The fourth-order valence-corrected chi connectivity index (χ4v) is 2.33. The van der Waals surface area contributed by atoms with E-state index >= 15 is 0 Å². The number of amides is 1. The van der Waals surface area contributed by atoms with Gasteiger partial charge in [0.1, 0.15) is 13.2 Å². The smallest absolute Gasteiger partial charge is 0.417 e. The Hall–Kier alpha value is -2.97. The second kappa shape index (κ2) is 7.29. The molecule has 0 saturated heterocycles. The van der Waals surface area contributed by atoms with Gasteiger partial charge in [0.2, 0.25) is 12.2 Å². The molecule has 134 valence electrons. The fraction of sp³-hybridized carbons (Fsp3) is 0.188. The Labute approximate surface area is 139 Å². The summed E-state index contributed by atoms with van der Waals surface area (Å²) < 4.78 is 63.6. The van der Waals surface area contributed by atoms with Gasteiger partial charge in [-0.15, -0.1) is 0 Å². The van der Waals surface area contributed by atoms with Crippen LogP contribution in [-0.2, 0) is 11.0 Å². The van der Waals surface area contributed by atoms with Crippen LogP contribution in [0.3, 0.4) is 0 Å². The van der Waals surface area contributed by atoms with E-state index in [2.05, 4.69) is 5.73 Å². The molecule has 25 heavy (non-hydrogen) atoms. The van der Waals surface area contributed by atoms with Gasteiger partial charge < -0.3 is 20.3 Å². The van der Waals surface area contributed by atoms with Gasteiger partial charge in [0.25, 0.3) is 0 Å². The zero-order valence-electron chi connectivity index (χ0n) is 12.6. The SMILES string of the molecule is NC=O.Oc1c(F)cc(-c2ccccc2C(F)(F)F)c2c1OCCO2. The van der Waals surface area contributed by atoms with Crippen molar-refractivity contribution in [2.75, 3.05) is 13.2 Å². The highest BCUT2D eigenvalue weighted by atomic mass is 19.4. The Morgan fingerprint density at radius 3 is 2.24 bits per heavy atom. The molecule has 0 unspecified atom stereocenters. The molecule has 3 rings (SSSR count). The van der Waals surface area contributed by atoms with Crippen molar-refractivity contribution >= 4 is 6.41 Å². The third kappa shape index (κ3) is 3.76. The molecule has 2 aromatic rings. The molecule has 5 nitrogen and oxygen atoms in total. The third-order valence-corrected chi connectivity index (χ3v) is 3.26.